The zero-order valence-electron chi connectivity index (χ0n) is 25.5. The van der Waals surface area contributed by atoms with Crippen molar-refractivity contribution in [3.05, 3.63) is 36.0 Å². The standard InChI is InChI=1S/C33H46O9/c1-7-8-9-10-25(35)42-28-26(36)29(41-20(5)27(28)39-6)40-17-32-15-22-19(4)11-12-23(22)31(16-34)14-21(32)13-24(18(2)3)33(31,32)30(37)38/h7-10,13,16,18-23,26-29,36H,11-12,14-15,17H2,1-6H3,(H,37,38)/b8-7+,10-9-/t19-,20-,21?,22-,23-,26+,27-,28+,29-,31+,32?,33+/m1/s1. The first kappa shape index (κ1) is 31.1. The van der Waals surface area contributed by atoms with E-state index in [1.54, 1.807) is 25.2 Å². The van der Waals surface area contributed by atoms with Crippen molar-refractivity contribution in [2.75, 3.05) is 13.7 Å². The van der Waals surface area contributed by atoms with E-state index in [4.69, 9.17) is 18.9 Å². The van der Waals surface area contributed by atoms with Gasteiger partial charge in [0, 0.05) is 18.6 Å². The molecule has 0 spiro atoms. The number of methoxy groups -OCH3 is 1. The van der Waals surface area contributed by atoms with Crippen molar-refractivity contribution < 1.29 is 43.5 Å². The average molecular weight is 587 g/mol. The molecule has 0 amide bonds. The van der Waals surface area contributed by atoms with Gasteiger partial charge in [0.05, 0.1) is 18.1 Å². The predicted molar refractivity (Wildman–Crippen MR) is 153 cm³/mol. The zero-order valence-corrected chi connectivity index (χ0v) is 25.5. The van der Waals surface area contributed by atoms with Crippen molar-refractivity contribution >= 4 is 18.2 Å². The lowest BCUT2D eigenvalue weighted by Crippen LogP contribution is -2.64. The Hall–Kier alpha value is -2.33. The van der Waals surface area contributed by atoms with Crippen LogP contribution >= 0.6 is 0 Å². The van der Waals surface area contributed by atoms with Crippen LogP contribution in [0.4, 0.5) is 0 Å². The number of carbonyl (C=O) groups is 3. The van der Waals surface area contributed by atoms with Crippen LogP contribution in [-0.2, 0) is 33.3 Å². The number of esters is 1. The molecule has 232 valence electrons. The molecular formula is C33H46O9. The molecule has 0 aromatic heterocycles. The molecule has 4 bridgehead atoms. The Morgan fingerprint density at radius 3 is 2.52 bits per heavy atom. The fourth-order valence-corrected chi connectivity index (χ4v) is 9.87. The van der Waals surface area contributed by atoms with Crippen molar-refractivity contribution in [3.63, 3.8) is 0 Å². The van der Waals surface area contributed by atoms with Crippen LogP contribution in [-0.4, -0.2) is 72.9 Å². The van der Waals surface area contributed by atoms with Crippen molar-refractivity contribution in [2.45, 2.75) is 91.0 Å². The first-order chi connectivity index (χ1) is 19.9. The molecule has 5 aliphatic rings. The lowest BCUT2D eigenvalue weighted by molar-refractivity contribution is -0.308. The Bertz CT molecular complexity index is 1170. The largest absolute Gasteiger partial charge is 0.481 e. The maximum Gasteiger partial charge on any atom is 0.331 e. The lowest BCUT2D eigenvalue weighted by Gasteiger charge is -2.58. The van der Waals surface area contributed by atoms with Crippen molar-refractivity contribution in [2.24, 2.45) is 45.8 Å². The molecule has 9 heteroatoms. The van der Waals surface area contributed by atoms with Gasteiger partial charge in [-0.25, -0.2) is 4.79 Å². The van der Waals surface area contributed by atoms with Crippen LogP contribution in [0, 0.1) is 45.8 Å². The first-order valence-electron chi connectivity index (χ1n) is 15.4. The van der Waals surface area contributed by atoms with E-state index in [-0.39, 0.29) is 30.3 Å². The Balaban J connectivity index is 1.49. The Morgan fingerprint density at radius 2 is 1.90 bits per heavy atom. The third-order valence-electron chi connectivity index (χ3n) is 11.4. The highest BCUT2D eigenvalue weighted by Gasteiger charge is 2.84. The van der Waals surface area contributed by atoms with Crippen LogP contribution in [0.2, 0.25) is 0 Å². The molecule has 5 rings (SSSR count). The van der Waals surface area contributed by atoms with Gasteiger partial charge in [0.25, 0.3) is 0 Å². The van der Waals surface area contributed by atoms with Gasteiger partial charge in [-0.15, -0.1) is 0 Å². The number of ether oxygens (including phenoxy) is 4. The predicted octanol–water partition coefficient (Wildman–Crippen LogP) is 4.09. The van der Waals surface area contributed by atoms with Crippen molar-refractivity contribution in [3.8, 4) is 0 Å². The normalized spacial score (nSPS) is 45.9. The highest BCUT2D eigenvalue weighted by molar-refractivity contribution is 5.90. The lowest BCUT2D eigenvalue weighted by atomic mass is 9.43. The average Bonchev–Trinajstić information content (AvgIpc) is 3.52. The minimum absolute atomic E-state index is 0.00379. The van der Waals surface area contributed by atoms with Crippen LogP contribution in [0.1, 0.15) is 60.3 Å². The van der Waals surface area contributed by atoms with E-state index in [0.29, 0.717) is 18.8 Å². The van der Waals surface area contributed by atoms with E-state index >= 15 is 0 Å². The SMILES string of the molecule is C/C=C/C=C\C(=O)O[C@H]1[C@H](O)[C@H](OCC23C[C@@H]4[C@H](C)CC[C@H]4[C@@]4(C=O)CC2C=C(C(C)C)[C@@]34C(=O)O)O[C@H](C)[C@H]1OC. The molecule has 42 heavy (non-hydrogen) atoms. The summed E-state index contributed by atoms with van der Waals surface area (Å²) in [5.41, 5.74) is -2.45. The minimum Gasteiger partial charge on any atom is -0.481 e. The summed E-state index contributed by atoms with van der Waals surface area (Å²) in [5.74, 6) is -1.21. The third-order valence-corrected chi connectivity index (χ3v) is 11.4. The third kappa shape index (κ3) is 4.14. The van der Waals surface area contributed by atoms with Crippen LogP contribution in [0.25, 0.3) is 0 Å². The van der Waals surface area contributed by atoms with E-state index in [1.165, 1.54) is 13.2 Å². The van der Waals surface area contributed by atoms with Gasteiger partial charge in [0.2, 0.25) is 0 Å². The number of allylic oxidation sites excluding steroid dienone is 4. The van der Waals surface area contributed by atoms with Crippen LogP contribution in [0.3, 0.4) is 0 Å². The maximum absolute atomic E-state index is 13.7. The van der Waals surface area contributed by atoms with Gasteiger partial charge < -0.3 is 34.0 Å². The first-order valence-corrected chi connectivity index (χ1v) is 15.4. The molecule has 3 saturated carbocycles. The van der Waals surface area contributed by atoms with Gasteiger partial charge in [0.1, 0.15) is 23.9 Å². The highest BCUT2D eigenvalue weighted by atomic mass is 16.7. The molecule has 0 radical (unpaired) electrons. The summed E-state index contributed by atoms with van der Waals surface area (Å²) in [5, 5.41) is 22.6. The number of aliphatic hydroxyl groups is 1. The smallest absolute Gasteiger partial charge is 0.331 e. The van der Waals surface area contributed by atoms with Crippen molar-refractivity contribution in [1.29, 1.82) is 0 Å². The number of aldehydes is 1. The van der Waals surface area contributed by atoms with Crippen LogP contribution in [0.5, 0.6) is 0 Å². The van der Waals surface area contributed by atoms with E-state index in [1.807, 2.05) is 20.8 Å². The molecule has 1 saturated heterocycles. The summed E-state index contributed by atoms with van der Waals surface area (Å²) in [4.78, 5) is 39.4. The fourth-order valence-electron chi connectivity index (χ4n) is 9.87. The number of carboxylic acid groups (broad SMARTS) is 1. The second-order valence-electron chi connectivity index (χ2n) is 13.5. The number of aliphatic carboxylic acids is 1. The monoisotopic (exact) mass is 586 g/mol. The van der Waals surface area contributed by atoms with Gasteiger partial charge in [-0.3, -0.25) is 4.79 Å². The van der Waals surface area contributed by atoms with Gasteiger partial charge >= 0.3 is 11.9 Å². The summed E-state index contributed by atoms with van der Waals surface area (Å²) >= 11 is 0. The van der Waals surface area contributed by atoms with Gasteiger partial charge in [-0.2, -0.15) is 0 Å². The number of hydrogen-bond donors (Lipinski definition) is 2. The van der Waals surface area contributed by atoms with E-state index in [2.05, 4.69) is 13.0 Å². The molecule has 2 N–H and O–H groups in total. The number of fused-ring (bicyclic) bond motifs is 2. The molecule has 4 fully saturated rings. The van der Waals surface area contributed by atoms with E-state index in [9.17, 15) is 24.6 Å². The molecule has 1 heterocycles. The molecule has 0 aromatic rings. The Kier molecular flexibility index (Phi) is 8.37. The summed E-state index contributed by atoms with van der Waals surface area (Å²) in [6, 6.07) is 0. The van der Waals surface area contributed by atoms with E-state index in [0.717, 1.165) is 24.7 Å². The Morgan fingerprint density at radius 1 is 1.17 bits per heavy atom. The van der Waals surface area contributed by atoms with Gasteiger partial charge in [0.15, 0.2) is 12.4 Å². The number of hydrogen-bond acceptors (Lipinski definition) is 8. The second-order valence-corrected chi connectivity index (χ2v) is 13.5. The maximum atomic E-state index is 13.7. The molecule has 2 unspecified atom stereocenters. The zero-order chi connectivity index (χ0) is 30.6. The number of aliphatic hydroxyl groups excluding tert-OH is 1. The molecule has 4 aliphatic carbocycles. The summed E-state index contributed by atoms with van der Waals surface area (Å²) in [6.45, 7) is 9.78. The van der Waals surface area contributed by atoms with Gasteiger partial charge in [-0.1, -0.05) is 57.1 Å². The Labute approximate surface area is 248 Å². The molecule has 1 aliphatic heterocycles. The summed E-state index contributed by atoms with van der Waals surface area (Å²) < 4.78 is 23.7. The second kappa shape index (κ2) is 11.3. The molecule has 9 nitrogen and oxygen atoms in total. The topological polar surface area (TPSA) is 129 Å². The van der Waals surface area contributed by atoms with Gasteiger partial charge in [-0.05, 0) is 62.7 Å². The number of rotatable bonds is 10. The van der Waals surface area contributed by atoms with E-state index < -0.39 is 58.9 Å². The van der Waals surface area contributed by atoms with Crippen LogP contribution in [0.15, 0.2) is 36.0 Å². The fraction of sp³-hybridized carbons (Fsp3) is 0.727. The quantitative estimate of drug-likeness (QED) is 0.128. The summed E-state index contributed by atoms with van der Waals surface area (Å²) in [7, 11) is 1.46. The van der Waals surface area contributed by atoms with Crippen molar-refractivity contribution in [1.82, 2.24) is 0 Å². The number of carbonyl (C=O) groups excluding carboxylic acids is 2. The molecule has 12 atom stereocenters. The summed E-state index contributed by atoms with van der Waals surface area (Å²) in [6.07, 6.45) is 7.35. The highest BCUT2D eigenvalue weighted by Crippen LogP contribution is 2.82. The number of carboxylic acids is 1. The molecule has 0 aromatic carbocycles. The minimum atomic E-state index is -1.39. The van der Waals surface area contributed by atoms with Crippen LogP contribution < -0.4 is 0 Å². The molecular weight excluding hydrogens is 540 g/mol.